The molecule has 5 heteroatoms. The summed E-state index contributed by atoms with van der Waals surface area (Å²) in [6, 6.07) is 3.82. The van der Waals surface area contributed by atoms with Crippen molar-refractivity contribution in [3.05, 3.63) is 30.4 Å². The number of pyridine rings is 1. The highest BCUT2D eigenvalue weighted by atomic mass is 16.3. The van der Waals surface area contributed by atoms with Crippen molar-refractivity contribution in [3.8, 4) is 11.4 Å². The number of rotatable bonds is 1. The molecule has 1 atom stereocenters. The van der Waals surface area contributed by atoms with Crippen LogP contribution >= 0.6 is 0 Å². The van der Waals surface area contributed by atoms with Crippen LogP contribution in [0, 0.1) is 0 Å². The molecule has 0 aliphatic carbocycles. The summed E-state index contributed by atoms with van der Waals surface area (Å²) in [7, 11) is 0. The smallest absolute Gasteiger partial charge is 0.165 e. The summed E-state index contributed by atoms with van der Waals surface area (Å²) in [6.07, 6.45) is 4.74. The second-order valence-corrected chi connectivity index (χ2v) is 3.93. The summed E-state index contributed by atoms with van der Waals surface area (Å²) in [5.74, 6) is 1.46. The Labute approximate surface area is 92.8 Å². The van der Waals surface area contributed by atoms with Crippen LogP contribution in [0.5, 0.6) is 0 Å². The molecular formula is C11H12N4O. The largest absolute Gasteiger partial charge is 0.385 e. The molecule has 0 saturated heterocycles. The highest BCUT2D eigenvalue weighted by molar-refractivity contribution is 5.53. The molecular weight excluding hydrogens is 204 g/mol. The molecule has 0 fully saturated rings. The van der Waals surface area contributed by atoms with Gasteiger partial charge < -0.3 is 9.67 Å². The summed E-state index contributed by atoms with van der Waals surface area (Å²) >= 11 is 0. The minimum absolute atomic E-state index is 0.480. The van der Waals surface area contributed by atoms with Gasteiger partial charge in [-0.05, 0) is 25.0 Å². The van der Waals surface area contributed by atoms with Gasteiger partial charge in [-0.2, -0.15) is 0 Å². The number of hydrogen-bond acceptors (Lipinski definition) is 4. The lowest BCUT2D eigenvalue weighted by Crippen LogP contribution is -2.16. The zero-order valence-corrected chi connectivity index (χ0v) is 8.74. The molecule has 2 aromatic rings. The molecule has 0 amide bonds. The first-order valence-corrected chi connectivity index (χ1v) is 5.38. The molecule has 0 spiro atoms. The molecule has 1 N–H and O–H groups in total. The van der Waals surface area contributed by atoms with Gasteiger partial charge in [-0.15, -0.1) is 10.2 Å². The topological polar surface area (TPSA) is 63.8 Å². The molecule has 16 heavy (non-hydrogen) atoms. The van der Waals surface area contributed by atoms with Gasteiger partial charge in [0.25, 0.3) is 0 Å². The van der Waals surface area contributed by atoms with Crippen molar-refractivity contribution in [2.24, 2.45) is 0 Å². The summed E-state index contributed by atoms with van der Waals surface area (Å²) in [5.41, 5.74) is 0.940. The van der Waals surface area contributed by atoms with E-state index < -0.39 is 6.10 Å². The van der Waals surface area contributed by atoms with Crippen molar-refractivity contribution in [2.45, 2.75) is 25.5 Å². The van der Waals surface area contributed by atoms with Crippen LogP contribution in [-0.4, -0.2) is 24.9 Å². The molecule has 1 aliphatic rings. The van der Waals surface area contributed by atoms with Gasteiger partial charge in [0.05, 0.1) is 0 Å². The van der Waals surface area contributed by atoms with Gasteiger partial charge >= 0.3 is 0 Å². The van der Waals surface area contributed by atoms with Crippen LogP contribution in [0.1, 0.15) is 24.8 Å². The van der Waals surface area contributed by atoms with Gasteiger partial charge in [-0.3, -0.25) is 4.98 Å². The fourth-order valence-electron chi connectivity index (χ4n) is 2.06. The van der Waals surface area contributed by atoms with E-state index in [0.717, 1.165) is 30.8 Å². The average molecular weight is 216 g/mol. The van der Waals surface area contributed by atoms with E-state index in [0.29, 0.717) is 5.82 Å². The molecule has 0 radical (unpaired) electrons. The predicted molar refractivity (Wildman–Crippen MR) is 57.4 cm³/mol. The van der Waals surface area contributed by atoms with Crippen molar-refractivity contribution in [3.63, 3.8) is 0 Å². The lowest BCUT2D eigenvalue weighted by molar-refractivity contribution is 0.134. The molecule has 0 aromatic carbocycles. The van der Waals surface area contributed by atoms with E-state index >= 15 is 0 Å². The number of aromatic nitrogens is 4. The number of aliphatic hydroxyl groups is 1. The Morgan fingerprint density at radius 2 is 2.31 bits per heavy atom. The van der Waals surface area contributed by atoms with Crippen LogP contribution < -0.4 is 0 Å². The van der Waals surface area contributed by atoms with Crippen LogP contribution in [0.4, 0.5) is 0 Å². The third-order valence-corrected chi connectivity index (χ3v) is 2.86. The standard InChI is InChI=1S/C11H12N4O/c16-9-4-2-6-15-10(13-14-11(9)15)8-3-1-5-12-7-8/h1,3,5,7,9,16H,2,4,6H2. The molecule has 2 aromatic heterocycles. The van der Waals surface area contributed by atoms with Crippen LogP contribution in [0.2, 0.25) is 0 Å². The lowest BCUT2D eigenvalue weighted by atomic mass is 10.1. The van der Waals surface area contributed by atoms with Crippen LogP contribution in [0.3, 0.4) is 0 Å². The predicted octanol–water partition coefficient (Wildman–Crippen LogP) is 1.17. The average Bonchev–Trinajstić information content (AvgIpc) is 2.75. The summed E-state index contributed by atoms with van der Waals surface area (Å²) in [5, 5.41) is 18.0. The van der Waals surface area contributed by atoms with Gasteiger partial charge in [0.1, 0.15) is 6.10 Å². The summed E-state index contributed by atoms with van der Waals surface area (Å²) in [6.45, 7) is 0.865. The minimum atomic E-state index is -0.480. The van der Waals surface area contributed by atoms with E-state index in [1.54, 1.807) is 12.4 Å². The van der Waals surface area contributed by atoms with E-state index in [-0.39, 0.29) is 0 Å². The highest BCUT2D eigenvalue weighted by Crippen LogP contribution is 2.27. The van der Waals surface area contributed by atoms with Gasteiger partial charge in [0, 0.05) is 24.5 Å². The molecule has 0 bridgehead atoms. The maximum absolute atomic E-state index is 9.78. The van der Waals surface area contributed by atoms with Gasteiger partial charge in [-0.1, -0.05) is 0 Å². The zero-order valence-electron chi connectivity index (χ0n) is 8.74. The van der Waals surface area contributed by atoms with Crippen LogP contribution in [0.15, 0.2) is 24.5 Å². The Morgan fingerprint density at radius 3 is 3.12 bits per heavy atom. The molecule has 82 valence electrons. The Kier molecular flexibility index (Phi) is 2.18. The van der Waals surface area contributed by atoms with Crippen molar-refractivity contribution < 1.29 is 5.11 Å². The Bertz CT molecular complexity index is 494. The highest BCUT2D eigenvalue weighted by Gasteiger charge is 2.23. The Morgan fingerprint density at radius 1 is 1.38 bits per heavy atom. The van der Waals surface area contributed by atoms with E-state index in [4.69, 9.17) is 0 Å². The zero-order chi connectivity index (χ0) is 11.0. The van der Waals surface area contributed by atoms with Gasteiger partial charge in [0.15, 0.2) is 11.6 Å². The fourth-order valence-corrected chi connectivity index (χ4v) is 2.06. The van der Waals surface area contributed by atoms with Crippen LogP contribution in [0.25, 0.3) is 11.4 Å². The van der Waals surface area contributed by atoms with E-state index in [1.165, 1.54) is 0 Å². The van der Waals surface area contributed by atoms with E-state index in [2.05, 4.69) is 15.2 Å². The molecule has 0 saturated carbocycles. The lowest BCUT2D eigenvalue weighted by Gasteiger charge is -2.19. The molecule has 5 nitrogen and oxygen atoms in total. The monoisotopic (exact) mass is 216 g/mol. The Hall–Kier alpha value is -1.75. The first-order chi connectivity index (χ1) is 7.86. The SMILES string of the molecule is OC1CCCn2c(-c3cccnc3)nnc21. The third-order valence-electron chi connectivity index (χ3n) is 2.86. The number of hydrogen-bond donors (Lipinski definition) is 1. The number of fused-ring (bicyclic) bond motifs is 1. The first-order valence-electron chi connectivity index (χ1n) is 5.38. The molecule has 3 rings (SSSR count). The van der Waals surface area contributed by atoms with Crippen LogP contribution in [-0.2, 0) is 6.54 Å². The maximum Gasteiger partial charge on any atom is 0.165 e. The van der Waals surface area contributed by atoms with Crippen molar-refractivity contribution >= 4 is 0 Å². The molecule has 3 heterocycles. The van der Waals surface area contributed by atoms with Crippen molar-refractivity contribution in [2.75, 3.05) is 0 Å². The quantitative estimate of drug-likeness (QED) is 0.777. The summed E-state index contributed by atoms with van der Waals surface area (Å²) in [4.78, 5) is 4.06. The van der Waals surface area contributed by atoms with Gasteiger partial charge in [0.2, 0.25) is 0 Å². The second-order valence-electron chi connectivity index (χ2n) is 3.93. The van der Waals surface area contributed by atoms with Crippen molar-refractivity contribution in [1.29, 1.82) is 0 Å². The van der Waals surface area contributed by atoms with E-state index in [1.807, 2.05) is 16.7 Å². The molecule has 1 aliphatic heterocycles. The molecule has 1 unspecified atom stereocenters. The van der Waals surface area contributed by atoms with Crippen molar-refractivity contribution in [1.82, 2.24) is 19.7 Å². The van der Waals surface area contributed by atoms with Gasteiger partial charge in [-0.25, -0.2) is 0 Å². The normalized spacial score (nSPS) is 19.4. The number of nitrogens with zero attached hydrogens (tertiary/aromatic N) is 4. The first kappa shape index (κ1) is 9.47. The minimum Gasteiger partial charge on any atom is -0.385 e. The fraction of sp³-hybridized carbons (Fsp3) is 0.364. The summed E-state index contributed by atoms with van der Waals surface area (Å²) < 4.78 is 1.98. The Balaban J connectivity index is 2.10. The number of aliphatic hydroxyl groups excluding tert-OH is 1. The second kappa shape index (κ2) is 3.68. The third kappa shape index (κ3) is 1.40. The maximum atomic E-state index is 9.78. The van der Waals surface area contributed by atoms with E-state index in [9.17, 15) is 5.11 Å².